The quantitative estimate of drug-likeness (QED) is 0.650. The molecule has 0 spiro atoms. The second-order valence-electron chi connectivity index (χ2n) is 5.66. The third kappa shape index (κ3) is 2.13. The number of aromatic nitrogens is 1. The van der Waals surface area contributed by atoms with Gasteiger partial charge < -0.3 is 14.5 Å². The average molecular weight is 363 g/mol. The summed E-state index contributed by atoms with van der Waals surface area (Å²) in [4.78, 5) is 40.0. The minimum atomic E-state index is -0.647. The van der Waals surface area contributed by atoms with Gasteiger partial charge in [0.25, 0.3) is 0 Å². The number of Topliss-reactive ketones (excluding diaryl/α,β-unsaturated/α-hetero) is 1. The van der Waals surface area contributed by atoms with Gasteiger partial charge in [0.2, 0.25) is 0 Å². The predicted molar refractivity (Wildman–Crippen MR) is 89.2 cm³/mol. The number of carbonyl (C=O) groups excluding carboxylic acids is 2. The molecule has 0 amide bonds. The number of ketones is 1. The number of hydrogen-bond donors (Lipinski definition) is 1. The van der Waals surface area contributed by atoms with Crippen molar-refractivity contribution in [1.82, 2.24) is 4.98 Å². The second kappa shape index (κ2) is 5.49. The van der Waals surface area contributed by atoms with Gasteiger partial charge >= 0.3 is 10.8 Å². The highest BCUT2D eigenvalue weighted by atomic mass is 32.2. The molecule has 0 saturated heterocycles. The van der Waals surface area contributed by atoms with Gasteiger partial charge in [-0.15, -0.1) is 0 Å². The molecule has 0 bridgehead atoms. The number of rotatable bonds is 2. The van der Waals surface area contributed by atoms with Crippen LogP contribution < -0.4 is 14.3 Å². The molecule has 3 atom stereocenters. The van der Waals surface area contributed by atoms with E-state index in [4.69, 9.17) is 9.47 Å². The Morgan fingerprint density at radius 3 is 2.83 bits per heavy atom. The first kappa shape index (κ1) is 15.5. The van der Waals surface area contributed by atoms with Gasteiger partial charge in [0.05, 0.1) is 23.3 Å². The number of para-hydroxylation sites is 1. The van der Waals surface area contributed by atoms with E-state index in [-0.39, 0.29) is 16.6 Å². The van der Waals surface area contributed by atoms with Gasteiger partial charge in [-0.05, 0) is 13.0 Å². The first-order chi connectivity index (χ1) is 11.5. The smallest absolute Gasteiger partial charge is 0.317 e. The van der Waals surface area contributed by atoms with E-state index in [9.17, 15) is 14.4 Å². The lowest BCUT2D eigenvalue weighted by molar-refractivity contribution is -0.142. The lowest BCUT2D eigenvalue weighted by Gasteiger charge is -2.38. The van der Waals surface area contributed by atoms with Crippen LogP contribution >= 0.6 is 23.1 Å². The fourth-order valence-electron chi connectivity index (χ4n) is 3.30. The highest BCUT2D eigenvalue weighted by Gasteiger charge is 2.51. The van der Waals surface area contributed by atoms with Crippen LogP contribution in [0.1, 0.15) is 23.3 Å². The van der Waals surface area contributed by atoms with Crippen LogP contribution in [-0.2, 0) is 9.59 Å². The van der Waals surface area contributed by atoms with Gasteiger partial charge in [-0.2, -0.15) is 0 Å². The highest BCUT2D eigenvalue weighted by Crippen LogP contribution is 2.55. The van der Waals surface area contributed by atoms with E-state index < -0.39 is 17.1 Å². The van der Waals surface area contributed by atoms with E-state index in [1.165, 1.54) is 25.8 Å². The molecular formula is C16H13NO5S2. The maximum absolute atomic E-state index is 12.7. The monoisotopic (exact) mass is 363 g/mol. The lowest BCUT2D eigenvalue weighted by Crippen LogP contribution is -2.43. The molecule has 2 aliphatic heterocycles. The van der Waals surface area contributed by atoms with E-state index in [0.29, 0.717) is 16.5 Å². The van der Waals surface area contributed by atoms with Gasteiger partial charge in [0.1, 0.15) is 5.78 Å². The summed E-state index contributed by atoms with van der Waals surface area (Å²) >= 11 is 2.31. The summed E-state index contributed by atoms with van der Waals surface area (Å²) in [5, 5.41) is 0.0783. The Morgan fingerprint density at radius 2 is 2.12 bits per heavy atom. The molecule has 1 N–H and O–H groups in total. The molecule has 24 heavy (non-hydrogen) atoms. The molecule has 1 aromatic heterocycles. The number of benzene rings is 1. The number of thioether (sulfide) groups is 1. The van der Waals surface area contributed by atoms with Gasteiger partial charge in [-0.3, -0.25) is 14.4 Å². The minimum Gasteiger partial charge on any atom is -0.493 e. The molecule has 8 heteroatoms. The summed E-state index contributed by atoms with van der Waals surface area (Å²) in [6, 6.07) is 5.38. The maximum atomic E-state index is 12.7. The van der Waals surface area contributed by atoms with Gasteiger partial charge in [0.15, 0.2) is 11.5 Å². The molecular weight excluding hydrogens is 350 g/mol. The number of esters is 1. The van der Waals surface area contributed by atoms with Gasteiger partial charge in [-0.1, -0.05) is 35.2 Å². The molecule has 2 aromatic rings. The fraction of sp³-hybridized carbons (Fsp3) is 0.312. The van der Waals surface area contributed by atoms with Crippen LogP contribution in [0.2, 0.25) is 0 Å². The van der Waals surface area contributed by atoms with E-state index in [0.717, 1.165) is 21.8 Å². The zero-order valence-corrected chi connectivity index (χ0v) is 14.5. The summed E-state index contributed by atoms with van der Waals surface area (Å²) < 4.78 is 10.8. The molecule has 124 valence electrons. The Labute approximate surface area is 145 Å². The number of methoxy groups -OCH3 is 1. The molecule has 1 aromatic carbocycles. The van der Waals surface area contributed by atoms with Crippen molar-refractivity contribution in [2.24, 2.45) is 5.92 Å². The van der Waals surface area contributed by atoms with E-state index >= 15 is 0 Å². The number of carbonyl (C=O) groups is 2. The number of H-pyrrole nitrogens is 1. The van der Waals surface area contributed by atoms with Crippen molar-refractivity contribution in [3.63, 3.8) is 0 Å². The van der Waals surface area contributed by atoms with Crippen molar-refractivity contribution in [1.29, 1.82) is 0 Å². The van der Waals surface area contributed by atoms with Crippen LogP contribution in [-0.4, -0.2) is 29.1 Å². The van der Waals surface area contributed by atoms with Gasteiger partial charge in [0, 0.05) is 16.4 Å². The molecule has 0 fully saturated rings. The summed E-state index contributed by atoms with van der Waals surface area (Å²) in [7, 11) is 1.50. The van der Waals surface area contributed by atoms with Crippen LogP contribution in [0.15, 0.2) is 28.0 Å². The Morgan fingerprint density at radius 1 is 1.33 bits per heavy atom. The van der Waals surface area contributed by atoms with Crippen molar-refractivity contribution in [3.8, 4) is 11.5 Å². The maximum Gasteiger partial charge on any atom is 0.317 e. The normalized spacial score (nSPS) is 24.4. The Kier molecular flexibility index (Phi) is 3.54. The van der Waals surface area contributed by atoms with E-state index in [1.54, 1.807) is 6.07 Å². The van der Waals surface area contributed by atoms with Crippen LogP contribution in [0.25, 0.3) is 0 Å². The average Bonchev–Trinajstić information content (AvgIpc) is 2.93. The van der Waals surface area contributed by atoms with Crippen LogP contribution in [0.5, 0.6) is 11.5 Å². The second-order valence-corrected chi connectivity index (χ2v) is 7.83. The molecule has 3 heterocycles. The van der Waals surface area contributed by atoms with Crippen LogP contribution in [0.4, 0.5) is 0 Å². The zero-order chi connectivity index (χ0) is 17.0. The fourth-order valence-corrected chi connectivity index (χ4v) is 5.76. The number of nitrogens with one attached hydrogen (secondary N) is 1. The van der Waals surface area contributed by atoms with Crippen molar-refractivity contribution in [3.05, 3.63) is 38.3 Å². The predicted octanol–water partition coefficient (Wildman–Crippen LogP) is 2.18. The zero-order valence-electron chi connectivity index (χ0n) is 12.8. The summed E-state index contributed by atoms with van der Waals surface area (Å²) in [5.41, 5.74) is 0.766. The van der Waals surface area contributed by atoms with E-state index in [2.05, 4.69) is 4.98 Å². The highest BCUT2D eigenvalue weighted by molar-refractivity contribution is 8.00. The number of aromatic amines is 1. The van der Waals surface area contributed by atoms with Crippen molar-refractivity contribution < 1.29 is 19.1 Å². The number of fused-ring (bicyclic) bond motifs is 5. The molecule has 2 aliphatic rings. The third-order valence-electron chi connectivity index (χ3n) is 4.29. The Bertz CT molecular complexity index is 915. The summed E-state index contributed by atoms with van der Waals surface area (Å²) in [6.45, 7) is 1.46. The van der Waals surface area contributed by atoms with Gasteiger partial charge in [-0.25, -0.2) is 0 Å². The summed E-state index contributed by atoms with van der Waals surface area (Å²) in [6.07, 6.45) is 0. The molecule has 0 aliphatic carbocycles. The Balaban J connectivity index is 1.99. The molecule has 4 rings (SSSR count). The Hall–Kier alpha value is -2.06. The van der Waals surface area contributed by atoms with E-state index in [1.807, 2.05) is 12.1 Å². The number of ether oxygens (including phenoxy) is 2. The number of hydrogen-bond acceptors (Lipinski definition) is 7. The largest absolute Gasteiger partial charge is 0.493 e. The van der Waals surface area contributed by atoms with Crippen molar-refractivity contribution in [2.45, 2.75) is 23.1 Å². The van der Waals surface area contributed by atoms with Crippen LogP contribution in [0.3, 0.4) is 0 Å². The molecule has 6 nitrogen and oxygen atoms in total. The SMILES string of the molecule is COc1cccc2c1OC(=O)C1C(C(C)=O)Sc3[nH]c(=O)sc3C21. The first-order valence-electron chi connectivity index (χ1n) is 7.30. The van der Waals surface area contributed by atoms with Crippen molar-refractivity contribution in [2.75, 3.05) is 7.11 Å². The standard InChI is InChI=1S/C16H13NO5S2/c1-6(18)12-10-9(13-14(23-12)17-16(20)24-13)7-4-3-5-8(21-2)11(7)22-15(10)19/h3-5,9-10,12H,1-2H3,(H,17,20). The van der Waals surface area contributed by atoms with Crippen molar-refractivity contribution >= 4 is 34.9 Å². The molecule has 3 unspecified atom stereocenters. The topological polar surface area (TPSA) is 85.5 Å². The first-order valence-corrected chi connectivity index (χ1v) is 8.99. The third-order valence-corrected chi connectivity index (χ3v) is 6.83. The van der Waals surface area contributed by atoms with Crippen LogP contribution in [0, 0.1) is 5.92 Å². The molecule has 0 radical (unpaired) electrons. The number of thiazole rings is 1. The molecule has 0 saturated carbocycles. The minimum absolute atomic E-state index is 0.115. The summed E-state index contributed by atoms with van der Waals surface area (Å²) in [5.74, 6) is -0.780. The lowest BCUT2D eigenvalue weighted by atomic mass is 9.79.